The Bertz CT molecular complexity index is 486. The van der Waals surface area contributed by atoms with Crippen molar-refractivity contribution in [2.45, 2.75) is 67.7 Å². The molecule has 0 amide bonds. The molecule has 140 valence electrons. The summed E-state index contributed by atoms with van der Waals surface area (Å²) >= 11 is 2.09. The largest absolute Gasteiger partial charge is 0.362 e. The predicted molar refractivity (Wildman–Crippen MR) is 100 cm³/mol. The van der Waals surface area contributed by atoms with Gasteiger partial charge in [0, 0.05) is 37.2 Å². The van der Waals surface area contributed by atoms with Crippen LogP contribution in [0.25, 0.3) is 0 Å². The van der Waals surface area contributed by atoms with E-state index in [0.29, 0.717) is 12.0 Å². The van der Waals surface area contributed by atoms with Crippen molar-refractivity contribution in [1.82, 2.24) is 10.6 Å². The monoisotopic (exact) mass is 376 g/mol. The van der Waals surface area contributed by atoms with Crippen molar-refractivity contribution in [3.05, 3.63) is 0 Å². The van der Waals surface area contributed by atoms with Crippen LogP contribution in [0.2, 0.25) is 0 Å². The lowest BCUT2D eigenvalue weighted by Crippen LogP contribution is -2.59. The van der Waals surface area contributed by atoms with E-state index in [4.69, 9.17) is 4.74 Å². The fraction of sp³-hybridized carbons (Fsp3) is 1.00. The first-order valence-corrected chi connectivity index (χ1v) is 12.4. The molecular weight excluding hydrogens is 344 g/mol. The second-order valence-electron chi connectivity index (χ2n) is 7.58. The highest BCUT2D eigenvalue weighted by Crippen LogP contribution is 2.31. The van der Waals surface area contributed by atoms with Gasteiger partial charge in [-0.2, -0.15) is 11.8 Å². The highest BCUT2D eigenvalue weighted by molar-refractivity contribution is 8.00. The van der Waals surface area contributed by atoms with Crippen LogP contribution in [0, 0.1) is 5.92 Å². The zero-order valence-corrected chi connectivity index (χ0v) is 16.3. The average Bonchev–Trinajstić information content (AvgIpc) is 3.08. The molecule has 3 aliphatic rings. The molecule has 24 heavy (non-hydrogen) atoms. The van der Waals surface area contributed by atoms with E-state index in [1.807, 2.05) is 0 Å². The number of hydrogen-bond acceptors (Lipinski definition) is 6. The van der Waals surface area contributed by atoms with Crippen molar-refractivity contribution in [2.75, 3.05) is 31.7 Å². The summed E-state index contributed by atoms with van der Waals surface area (Å²) in [6, 6.07) is 0.408. The van der Waals surface area contributed by atoms with Gasteiger partial charge in [-0.1, -0.05) is 0 Å². The lowest BCUT2D eigenvalue weighted by atomic mass is 9.83. The van der Waals surface area contributed by atoms with Gasteiger partial charge >= 0.3 is 0 Å². The third-order valence-corrected chi connectivity index (χ3v) is 8.92. The third-order valence-electron chi connectivity index (χ3n) is 5.77. The van der Waals surface area contributed by atoms with E-state index in [9.17, 15) is 8.42 Å². The first-order valence-electron chi connectivity index (χ1n) is 9.41. The summed E-state index contributed by atoms with van der Waals surface area (Å²) < 4.78 is 29.5. The maximum Gasteiger partial charge on any atom is 0.150 e. The zero-order chi connectivity index (χ0) is 17.0. The van der Waals surface area contributed by atoms with Crippen molar-refractivity contribution >= 4 is 21.6 Å². The number of sulfone groups is 1. The summed E-state index contributed by atoms with van der Waals surface area (Å²) in [5.74, 6) is 1.87. The van der Waals surface area contributed by atoms with Gasteiger partial charge in [0.15, 0.2) is 0 Å². The standard InChI is InChI=1S/C17H32N2O3S2/c1-24(20,21)15-6-4-13(5-7-15)16-11-18-12-17(19-16)22-9-8-14-3-2-10-23-14/h13-19H,2-12H2,1H3. The summed E-state index contributed by atoms with van der Waals surface area (Å²) in [7, 11) is -2.87. The highest BCUT2D eigenvalue weighted by atomic mass is 32.2. The topological polar surface area (TPSA) is 67.4 Å². The second kappa shape index (κ2) is 8.71. The van der Waals surface area contributed by atoms with Gasteiger partial charge in [-0.25, -0.2) is 8.42 Å². The molecule has 0 radical (unpaired) electrons. The summed E-state index contributed by atoms with van der Waals surface area (Å²) in [6.45, 7) is 2.67. The van der Waals surface area contributed by atoms with Crippen LogP contribution in [0.5, 0.6) is 0 Å². The second-order valence-corrected chi connectivity index (χ2v) is 11.3. The molecular formula is C17H32N2O3S2. The molecule has 1 aliphatic carbocycles. The van der Waals surface area contributed by atoms with Gasteiger partial charge in [-0.3, -0.25) is 5.32 Å². The molecule has 3 atom stereocenters. The Kier molecular flexibility index (Phi) is 6.88. The van der Waals surface area contributed by atoms with Crippen LogP contribution < -0.4 is 10.6 Å². The maximum atomic E-state index is 11.7. The van der Waals surface area contributed by atoms with E-state index in [1.54, 1.807) is 0 Å². The molecule has 7 heteroatoms. The van der Waals surface area contributed by atoms with E-state index in [-0.39, 0.29) is 11.5 Å². The Hall–Kier alpha value is 0.180. The van der Waals surface area contributed by atoms with Crippen LogP contribution in [0.3, 0.4) is 0 Å². The van der Waals surface area contributed by atoms with Crippen LogP contribution in [-0.2, 0) is 14.6 Å². The lowest BCUT2D eigenvalue weighted by Gasteiger charge is -2.39. The Morgan fingerprint density at radius 3 is 2.58 bits per heavy atom. The molecule has 2 aliphatic heterocycles. The van der Waals surface area contributed by atoms with Gasteiger partial charge in [0.25, 0.3) is 0 Å². The van der Waals surface area contributed by atoms with Gasteiger partial charge in [0.2, 0.25) is 0 Å². The van der Waals surface area contributed by atoms with Gasteiger partial charge in [0.05, 0.1) is 5.25 Å². The van der Waals surface area contributed by atoms with E-state index in [2.05, 4.69) is 22.4 Å². The minimum absolute atomic E-state index is 0.0998. The van der Waals surface area contributed by atoms with Crippen molar-refractivity contribution in [3.8, 4) is 0 Å². The number of piperazine rings is 1. The van der Waals surface area contributed by atoms with Gasteiger partial charge in [-0.15, -0.1) is 0 Å². The molecule has 3 rings (SSSR count). The summed E-state index contributed by atoms with van der Waals surface area (Å²) in [5.41, 5.74) is 0. The van der Waals surface area contributed by atoms with Crippen molar-refractivity contribution in [2.24, 2.45) is 5.92 Å². The fourth-order valence-corrected chi connectivity index (χ4v) is 6.66. The first kappa shape index (κ1) is 19.0. The van der Waals surface area contributed by atoms with Crippen molar-refractivity contribution in [1.29, 1.82) is 0 Å². The molecule has 2 heterocycles. The predicted octanol–water partition coefficient (Wildman–Crippen LogP) is 1.78. The molecule has 0 aromatic heterocycles. The van der Waals surface area contributed by atoms with Crippen molar-refractivity contribution in [3.63, 3.8) is 0 Å². The zero-order valence-electron chi connectivity index (χ0n) is 14.7. The number of thioether (sulfide) groups is 1. The fourth-order valence-electron chi connectivity index (χ4n) is 4.27. The molecule has 0 aromatic carbocycles. The summed E-state index contributed by atoms with van der Waals surface area (Å²) in [4.78, 5) is 0. The smallest absolute Gasteiger partial charge is 0.150 e. The molecule has 0 spiro atoms. The van der Waals surface area contributed by atoms with E-state index < -0.39 is 9.84 Å². The minimum atomic E-state index is -2.87. The van der Waals surface area contributed by atoms with Crippen molar-refractivity contribution < 1.29 is 13.2 Å². The van der Waals surface area contributed by atoms with Gasteiger partial charge in [-0.05, 0) is 56.6 Å². The van der Waals surface area contributed by atoms with Crippen LogP contribution in [0.4, 0.5) is 0 Å². The minimum Gasteiger partial charge on any atom is -0.362 e. The maximum absolute atomic E-state index is 11.7. The average molecular weight is 377 g/mol. The van der Waals surface area contributed by atoms with Crippen LogP contribution in [-0.4, -0.2) is 62.9 Å². The SMILES string of the molecule is CS(=O)(=O)C1CCC(C2CNCC(OCCC3CCCS3)N2)CC1. The number of hydrogen-bond donors (Lipinski definition) is 2. The van der Waals surface area contributed by atoms with Crippen LogP contribution >= 0.6 is 11.8 Å². The van der Waals surface area contributed by atoms with Crippen LogP contribution in [0.1, 0.15) is 44.9 Å². The molecule has 5 nitrogen and oxygen atoms in total. The Balaban J connectivity index is 1.39. The highest BCUT2D eigenvalue weighted by Gasteiger charge is 2.34. The van der Waals surface area contributed by atoms with E-state index in [0.717, 1.165) is 57.1 Å². The summed E-state index contributed by atoms with van der Waals surface area (Å²) in [5, 5.41) is 7.82. The molecule has 0 aromatic rings. The molecule has 3 fully saturated rings. The third kappa shape index (κ3) is 5.34. The van der Waals surface area contributed by atoms with Gasteiger partial charge in [0.1, 0.15) is 16.1 Å². The lowest BCUT2D eigenvalue weighted by molar-refractivity contribution is -0.00195. The van der Waals surface area contributed by atoms with E-state index in [1.165, 1.54) is 24.9 Å². The summed E-state index contributed by atoms with van der Waals surface area (Å²) in [6.07, 6.45) is 8.97. The molecule has 2 saturated heterocycles. The van der Waals surface area contributed by atoms with Crippen LogP contribution in [0.15, 0.2) is 0 Å². The van der Waals surface area contributed by atoms with Gasteiger partial charge < -0.3 is 10.1 Å². The Morgan fingerprint density at radius 1 is 1.12 bits per heavy atom. The number of rotatable bonds is 6. The Morgan fingerprint density at radius 2 is 1.92 bits per heavy atom. The molecule has 0 bridgehead atoms. The first-order chi connectivity index (χ1) is 11.5. The Labute approximate surface area is 151 Å². The quantitative estimate of drug-likeness (QED) is 0.737. The molecule has 1 saturated carbocycles. The molecule has 3 unspecified atom stereocenters. The normalized spacial score (nSPS) is 38.3. The number of ether oxygens (including phenoxy) is 1. The number of nitrogens with one attached hydrogen (secondary N) is 2. The van der Waals surface area contributed by atoms with E-state index >= 15 is 0 Å². The molecule has 2 N–H and O–H groups in total.